The van der Waals surface area contributed by atoms with Crippen molar-refractivity contribution < 1.29 is 5.11 Å². The van der Waals surface area contributed by atoms with Gasteiger partial charge in [-0.05, 0) is 31.5 Å². The third kappa shape index (κ3) is 1.87. The molecule has 1 rings (SSSR count). The molecule has 1 aromatic rings. The maximum atomic E-state index is 9.60. The van der Waals surface area contributed by atoms with Gasteiger partial charge in [-0.1, -0.05) is 18.1 Å². The van der Waals surface area contributed by atoms with Crippen molar-refractivity contribution in [2.75, 3.05) is 0 Å². The summed E-state index contributed by atoms with van der Waals surface area (Å²) in [6, 6.07) is 7.34. The van der Waals surface area contributed by atoms with Gasteiger partial charge in [0.15, 0.2) is 0 Å². The molecular formula is C11H12O. The first kappa shape index (κ1) is 8.83. The second kappa shape index (κ2) is 3.00. The molecule has 1 N–H and O–H groups in total. The number of aliphatic hydroxyl groups is 1. The van der Waals surface area contributed by atoms with Crippen molar-refractivity contribution in [3.05, 3.63) is 35.4 Å². The largest absolute Gasteiger partial charge is 0.386 e. The molecule has 0 fully saturated rings. The summed E-state index contributed by atoms with van der Waals surface area (Å²) >= 11 is 0. The normalized spacial score (nSPS) is 10.8. The summed E-state index contributed by atoms with van der Waals surface area (Å²) in [6.45, 7) is 3.50. The van der Waals surface area contributed by atoms with Crippen LogP contribution in [0.5, 0.6) is 0 Å². The number of hydrogen-bond acceptors (Lipinski definition) is 1. The molecule has 0 unspecified atom stereocenters. The first-order valence-electron chi connectivity index (χ1n) is 3.83. The number of terminal acetylenes is 1. The molecule has 0 amide bonds. The molecule has 1 aromatic carbocycles. The van der Waals surface area contributed by atoms with E-state index in [0.29, 0.717) is 0 Å². The molecule has 0 radical (unpaired) electrons. The van der Waals surface area contributed by atoms with Gasteiger partial charge in [0.05, 0.1) is 5.60 Å². The summed E-state index contributed by atoms with van der Waals surface area (Å²) in [5.74, 6) is 2.52. The molecule has 1 nitrogen and oxygen atoms in total. The Morgan fingerprint density at radius 2 is 1.75 bits per heavy atom. The highest BCUT2D eigenvalue weighted by Gasteiger charge is 2.14. The first-order valence-corrected chi connectivity index (χ1v) is 3.83. The van der Waals surface area contributed by atoms with Crippen molar-refractivity contribution >= 4 is 0 Å². The summed E-state index contributed by atoms with van der Waals surface area (Å²) in [7, 11) is 0. The molecule has 0 bridgehead atoms. The van der Waals surface area contributed by atoms with Crippen LogP contribution in [-0.4, -0.2) is 5.11 Å². The van der Waals surface area contributed by atoms with Gasteiger partial charge in [-0.15, -0.1) is 6.42 Å². The van der Waals surface area contributed by atoms with Crippen molar-refractivity contribution in [1.82, 2.24) is 0 Å². The van der Waals surface area contributed by atoms with Gasteiger partial charge in [0.1, 0.15) is 0 Å². The average molecular weight is 160 g/mol. The predicted molar refractivity (Wildman–Crippen MR) is 49.6 cm³/mol. The Kier molecular flexibility index (Phi) is 2.21. The van der Waals surface area contributed by atoms with Gasteiger partial charge >= 0.3 is 0 Å². The van der Waals surface area contributed by atoms with E-state index in [0.717, 1.165) is 11.1 Å². The minimum Gasteiger partial charge on any atom is -0.386 e. The molecule has 0 aliphatic carbocycles. The standard InChI is InChI=1S/C11H12O/c1-4-9-5-7-10(8-6-9)11(2,3)12/h1,5-8,12H,2-3H3. The van der Waals surface area contributed by atoms with Crippen LogP contribution in [0.15, 0.2) is 24.3 Å². The fourth-order valence-electron chi connectivity index (χ4n) is 0.974. The molecule has 0 saturated heterocycles. The van der Waals surface area contributed by atoms with Gasteiger partial charge in [-0.3, -0.25) is 0 Å². The third-order valence-electron chi connectivity index (χ3n) is 1.76. The topological polar surface area (TPSA) is 20.2 Å². The Labute approximate surface area is 73.0 Å². The molecule has 0 spiro atoms. The van der Waals surface area contributed by atoms with Crippen LogP contribution in [-0.2, 0) is 5.60 Å². The summed E-state index contributed by atoms with van der Waals surface area (Å²) in [4.78, 5) is 0. The summed E-state index contributed by atoms with van der Waals surface area (Å²) in [5, 5.41) is 9.60. The average Bonchev–Trinajstić information content (AvgIpc) is 2.03. The Bertz CT molecular complexity index is 295. The van der Waals surface area contributed by atoms with Gasteiger partial charge in [-0.2, -0.15) is 0 Å². The van der Waals surface area contributed by atoms with Crippen LogP contribution in [0.4, 0.5) is 0 Å². The number of rotatable bonds is 1. The molecule has 12 heavy (non-hydrogen) atoms. The number of benzene rings is 1. The summed E-state index contributed by atoms with van der Waals surface area (Å²) in [5.41, 5.74) is 0.928. The lowest BCUT2D eigenvalue weighted by Gasteiger charge is -2.17. The van der Waals surface area contributed by atoms with Gasteiger partial charge in [-0.25, -0.2) is 0 Å². The molecule has 0 aliphatic heterocycles. The van der Waals surface area contributed by atoms with Crippen LogP contribution < -0.4 is 0 Å². The first-order chi connectivity index (χ1) is 5.54. The van der Waals surface area contributed by atoms with E-state index in [-0.39, 0.29) is 0 Å². The monoisotopic (exact) mass is 160 g/mol. The molecule has 0 aromatic heterocycles. The number of hydrogen-bond donors (Lipinski definition) is 1. The minimum atomic E-state index is -0.785. The van der Waals surface area contributed by atoms with Crippen LogP contribution in [0, 0.1) is 12.3 Å². The lowest BCUT2D eigenvalue weighted by molar-refractivity contribution is 0.0786. The van der Waals surface area contributed by atoms with Crippen LogP contribution in [0.1, 0.15) is 25.0 Å². The van der Waals surface area contributed by atoms with E-state index in [2.05, 4.69) is 5.92 Å². The second-order valence-electron chi connectivity index (χ2n) is 3.28. The summed E-state index contributed by atoms with van der Waals surface area (Å²) < 4.78 is 0. The third-order valence-corrected chi connectivity index (χ3v) is 1.76. The zero-order valence-corrected chi connectivity index (χ0v) is 7.33. The van der Waals surface area contributed by atoms with Crippen LogP contribution in [0.3, 0.4) is 0 Å². The molecule has 0 atom stereocenters. The van der Waals surface area contributed by atoms with Crippen molar-refractivity contribution in [2.45, 2.75) is 19.4 Å². The van der Waals surface area contributed by atoms with E-state index >= 15 is 0 Å². The highest BCUT2D eigenvalue weighted by Crippen LogP contribution is 2.19. The molecule has 1 heteroatoms. The fraction of sp³-hybridized carbons (Fsp3) is 0.273. The zero-order chi connectivity index (χ0) is 9.19. The fourth-order valence-corrected chi connectivity index (χ4v) is 0.974. The van der Waals surface area contributed by atoms with E-state index in [1.807, 2.05) is 24.3 Å². The highest BCUT2D eigenvalue weighted by molar-refractivity contribution is 5.35. The molecular weight excluding hydrogens is 148 g/mol. The predicted octanol–water partition coefficient (Wildman–Crippen LogP) is 1.90. The van der Waals surface area contributed by atoms with Crippen LogP contribution in [0.25, 0.3) is 0 Å². The lowest BCUT2D eigenvalue weighted by atomic mass is 9.97. The Balaban J connectivity index is 3.02. The van der Waals surface area contributed by atoms with E-state index in [4.69, 9.17) is 6.42 Å². The van der Waals surface area contributed by atoms with E-state index in [9.17, 15) is 5.11 Å². The minimum absolute atomic E-state index is 0.785. The van der Waals surface area contributed by atoms with Gasteiger partial charge in [0.2, 0.25) is 0 Å². The molecule has 0 heterocycles. The van der Waals surface area contributed by atoms with E-state index in [1.165, 1.54) is 0 Å². The van der Waals surface area contributed by atoms with E-state index < -0.39 is 5.60 Å². The quantitative estimate of drug-likeness (QED) is 0.622. The Morgan fingerprint density at radius 3 is 2.08 bits per heavy atom. The highest BCUT2D eigenvalue weighted by atomic mass is 16.3. The second-order valence-corrected chi connectivity index (χ2v) is 3.28. The van der Waals surface area contributed by atoms with Crippen molar-refractivity contribution in [3.8, 4) is 12.3 Å². The van der Waals surface area contributed by atoms with Crippen molar-refractivity contribution in [2.24, 2.45) is 0 Å². The van der Waals surface area contributed by atoms with Crippen molar-refractivity contribution in [1.29, 1.82) is 0 Å². The van der Waals surface area contributed by atoms with E-state index in [1.54, 1.807) is 13.8 Å². The smallest absolute Gasteiger partial charge is 0.0840 e. The lowest BCUT2D eigenvalue weighted by Crippen LogP contribution is -2.14. The molecule has 0 aliphatic rings. The molecule has 62 valence electrons. The van der Waals surface area contributed by atoms with Crippen LogP contribution in [0.2, 0.25) is 0 Å². The Morgan fingerprint density at radius 1 is 1.25 bits per heavy atom. The maximum Gasteiger partial charge on any atom is 0.0840 e. The van der Waals surface area contributed by atoms with Crippen molar-refractivity contribution in [3.63, 3.8) is 0 Å². The van der Waals surface area contributed by atoms with Gasteiger partial charge in [0.25, 0.3) is 0 Å². The molecule has 0 saturated carbocycles. The zero-order valence-electron chi connectivity index (χ0n) is 7.33. The van der Waals surface area contributed by atoms with Crippen LogP contribution >= 0.6 is 0 Å². The Hall–Kier alpha value is -1.26. The SMILES string of the molecule is C#Cc1ccc(C(C)(C)O)cc1. The van der Waals surface area contributed by atoms with Gasteiger partial charge in [0, 0.05) is 5.56 Å². The van der Waals surface area contributed by atoms with Gasteiger partial charge < -0.3 is 5.11 Å². The maximum absolute atomic E-state index is 9.60. The summed E-state index contributed by atoms with van der Waals surface area (Å²) in [6.07, 6.45) is 5.20.